The first-order valence-electron chi connectivity index (χ1n) is 6.57. The van der Waals surface area contributed by atoms with Crippen LogP contribution in [0.15, 0.2) is 18.2 Å². The largest absolute Gasteiger partial charge is 0.369 e. The highest BCUT2D eigenvalue weighted by molar-refractivity contribution is 6.30. The Balaban J connectivity index is 2.08. The van der Waals surface area contributed by atoms with Gasteiger partial charge in [0, 0.05) is 24.3 Å². The lowest BCUT2D eigenvalue weighted by molar-refractivity contribution is 0.374. The maximum atomic E-state index is 13.5. The minimum atomic E-state index is -0.338. The van der Waals surface area contributed by atoms with E-state index in [0.29, 0.717) is 12.1 Å². The van der Waals surface area contributed by atoms with Gasteiger partial charge in [0.05, 0.1) is 5.02 Å². The summed E-state index contributed by atoms with van der Waals surface area (Å²) in [5, 5.41) is 3.67. The zero-order chi connectivity index (χ0) is 13.1. The number of halogens is 2. The van der Waals surface area contributed by atoms with Crippen molar-refractivity contribution in [2.24, 2.45) is 0 Å². The van der Waals surface area contributed by atoms with Gasteiger partial charge in [-0.05, 0) is 44.5 Å². The van der Waals surface area contributed by atoms with Gasteiger partial charge in [-0.15, -0.1) is 0 Å². The highest BCUT2D eigenvalue weighted by Crippen LogP contribution is 2.27. The molecule has 1 aromatic carbocycles. The second-order valence-corrected chi connectivity index (χ2v) is 5.33. The van der Waals surface area contributed by atoms with Crippen LogP contribution in [-0.2, 0) is 0 Å². The molecule has 1 aromatic rings. The molecule has 2 rings (SSSR count). The van der Waals surface area contributed by atoms with Gasteiger partial charge in [-0.1, -0.05) is 18.5 Å². The van der Waals surface area contributed by atoms with Gasteiger partial charge < -0.3 is 10.2 Å². The summed E-state index contributed by atoms with van der Waals surface area (Å²) in [6.07, 6.45) is 2.19. The monoisotopic (exact) mass is 270 g/mol. The third kappa shape index (κ3) is 2.96. The SMILES string of the molecule is CCNC1CCN(c2ccc(Cl)c(F)c2)C(C)C1. The lowest BCUT2D eigenvalue weighted by Crippen LogP contribution is -2.47. The molecule has 0 bridgehead atoms. The summed E-state index contributed by atoms with van der Waals surface area (Å²) in [5.74, 6) is -0.338. The Bertz CT molecular complexity index is 411. The van der Waals surface area contributed by atoms with Crippen molar-refractivity contribution >= 4 is 17.3 Å². The molecule has 100 valence electrons. The molecule has 2 atom stereocenters. The zero-order valence-corrected chi connectivity index (χ0v) is 11.7. The van der Waals surface area contributed by atoms with Gasteiger partial charge in [-0.3, -0.25) is 0 Å². The van der Waals surface area contributed by atoms with Gasteiger partial charge >= 0.3 is 0 Å². The van der Waals surface area contributed by atoms with Crippen molar-refractivity contribution in [2.45, 2.75) is 38.8 Å². The molecule has 0 amide bonds. The van der Waals surface area contributed by atoms with E-state index in [9.17, 15) is 4.39 Å². The van der Waals surface area contributed by atoms with E-state index < -0.39 is 0 Å². The van der Waals surface area contributed by atoms with E-state index in [-0.39, 0.29) is 10.8 Å². The third-order valence-electron chi connectivity index (χ3n) is 3.60. The molecule has 1 heterocycles. The molecule has 2 nitrogen and oxygen atoms in total. The zero-order valence-electron chi connectivity index (χ0n) is 10.9. The number of benzene rings is 1. The molecule has 0 aromatic heterocycles. The second kappa shape index (κ2) is 5.89. The van der Waals surface area contributed by atoms with Crippen LogP contribution in [0, 0.1) is 5.82 Å². The fourth-order valence-corrected chi connectivity index (χ4v) is 2.81. The van der Waals surface area contributed by atoms with Crippen LogP contribution in [0.25, 0.3) is 0 Å². The minimum Gasteiger partial charge on any atom is -0.369 e. The predicted molar refractivity (Wildman–Crippen MR) is 74.9 cm³/mol. The van der Waals surface area contributed by atoms with Crippen LogP contribution < -0.4 is 10.2 Å². The van der Waals surface area contributed by atoms with E-state index in [1.54, 1.807) is 6.07 Å². The minimum absolute atomic E-state index is 0.189. The van der Waals surface area contributed by atoms with Gasteiger partial charge in [-0.25, -0.2) is 4.39 Å². The first-order chi connectivity index (χ1) is 8.61. The predicted octanol–water partition coefficient (Wildman–Crippen LogP) is 3.45. The third-order valence-corrected chi connectivity index (χ3v) is 3.91. The topological polar surface area (TPSA) is 15.3 Å². The molecule has 1 N–H and O–H groups in total. The Morgan fingerprint density at radius 3 is 2.89 bits per heavy atom. The van der Waals surface area contributed by atoms with Crippen LogP contribution in [0.5, 0.6) is 0 Å². The van der Waals surface area contributed by atoms with Crippen LogP contribution in [0.4, 0.5) is 10.1 Å². The average Bonchev–Trinajstić information content (AvgIpc) is 2.34. The summed E-state index contributed by atoms with van der Waals surface area (Å²) >= 11 is 5.72. The molecule has 4 heteroatoms. The van der Waals surface area contributed by atoms with Gasteiger partial charge in [0.15, 0.2) is 0 Å². The molecule has 2 unspecified atom stereocenters. The summed E-state index contributed by atoms with van der Waals surface area (Å²) in [7, 11) is 0. The number of piperidine rings is 1. The molecule has 1 saturated heterocycles. The highest BCUT2D eigenvalue weighted by atomic mass is 35.5. The number of rotatable bonds is 3. The lowest BCUT2D eigenvalue weighted by atomic mass is 9.97. The van der Waals surface area contributed by atoms with E-state index >= 15 is 0 Å². The standard InChI is InChI=1S/C14H20ClFN2/c1-3-17-11-6-7-18(10(2)8-11)12-4-5-13(15)14(16)9-12/h4-5,9-11,17H,3,6-8H2,1-2H3. The molecule has 0 saturated carbocycles. The second-order valence-electron chi connectivity index (χ2n) is 4.92. The molecule has 0 radical (unpaired) electrons. The molecule has 1 fully saturated rings. The summed E-state index contributed by atoms with van der Waals surface area (Å²) in [5.41, 5.74) is 0.930. The van der Waals surface area contributed by atoms with Crippen molar-refractivity contribution in [1.29, 1.82) is 0 Å². The van der Waals surface area contributed by atoms with Gasteiger partial charge in [0.1, 0.15) is 5.82 Å². The van der Waals surface area contributed by atoms with Gasteiger partial charge in [0.2, 0.25) is 0 Å². The van der Waals surface area contributed by atoms with Crippen molar-refractivity contribution < 1.29 is 4.39 Å². The first-order valence-corrected chi connectivity index (χ1v) is 6.94. The molecule has 1 aliphatic heterocycles. The summed E-state index contributed by atoms with van der Waals surface area (Å²) in [6.45, 7) is 6.29. The normalized spacial score (nSPS) is 24.3. The Morgan fingerprint density at radius 1 is 1.50 bits per heavy atom. The number of nitrogens with one attached hydrogen (secondary N) is 1. The Labute approximate surface area is 113 Å². The van der Waals surface area contributed by atoms with Crippen LogP contribution in [0.1, 0.15) is 26.7 Å². The fourth-order valence-electron chi connectivity index (χ4n) is 2.69. The lowest BCUT2D eigenvalue weighted by Gasteiger charge is -2.39. The Hall–Kier alpha value is -0.800. The number of anilines is 1. The number of nitrogens with zero attached hydrogens (tertiary/aromatic N) is 1. The Kier molecular flexibility index (Phi) is 4.46. The quantitative estimate of drug-likeness (QED) is 0.905. The van der Waals surface area contributed by atoms with Crippen LogP contribution in [-0.4, -0.2) is 25.2 Å². The molecule has 0 spiro atoms. The van der Waals surface area contributed by atoms with Crippen molar-refractivity contribution in [3.63, 3.8) is 0 Å². The summed E-state index contributed by atoms with van der Waals surface area (Å²) in [6, 6.07) is 6.07. The van der Waals surface area contributed by atoms with E-state index in [0.717, 1.165) is 31.6 Å². The molecular formula is C14H20ClFN2. The fraction of sp³-hybridized carbons (Fsp3) is 0.571. The van der Waals surface area contributed by atoms with E-state index in [4.69, 9.17) is 11.6 Å². The van der Waals surface area contributed by atoms with Gasteiger partial charge in [-0.2, -0.15) is 0 Å². The van der Waals surface area contributed by atoms with E-state index in [1.807, 2.05) is 6.07 Å². The first kappa shape index (κ1) is 13.6. The molecule has 18 heavy (non-hydrogen) atoms. The van der Waals surface area contributed by atoms with Crippen molar-refractivity contribution in [3.05, 3.63) is 29.0 Å². The molecule has 0 aliphatic carbocycles. The van der Waals surface area contributed by atoms with Crippen molar-refractivity contribution in [1.82, 2.24) is 5.32 Å². The maximum absolute atomic E-state index is 13.5. The highest BCUT2D eigenvalue weighted by Gasteiger charge is 2.25. The van der Waals surface area contributed by atoms with Gasteiger partial charge in [0.25, 0.3) is 0 Å². The summed E-state index contributed by atoms with van der Waals surface area (Å²) in [4.78, 5) is 2.26. The van der Waals surface area contributed by atoms with Crippen LogP contribution in [0.2, 0.25) is 5.02 Å². The smallest absolute Gasteiger partial charge is 0.143 e. The molecule has 1 aliphatic rings. The average molecular weight is 271 g/mol. The number of hydrogen-bond donors (Lipinski definition) is 1. The molecular weight excluding hydrogens is 251 g/mol. The van der Waals surface area contributed by atoms with Crippen molar-refractivity contribution in [3.8, 4) is 0 Å². The maximum Gasteiger partial charge on any atom is 0.143 e. The van der Waals surface area contributed by atoms with Crippen LogP contribution in [0.3, 0.4) is 0 Å². The van der Waals surface area contributed by atoms with E-state index in [1.165, 1.54) is 6.07 Å². The van der Waals surface area contributed by atoms with Crippen molar-refractivity contribution in [2.75, 3.05) is 18.0 Å². The van der Waals surface area contributed by atoms with E-state index in [2.05, 4.69) is 24.1 Å². The summed E-state index contributed by atoms with van der Waals surface area (Å²) < 4.78 is 13.5. The Morgan fingerprint density at radius 2 is 2.28 bits per heavy atom. The number of hydrogen-bond acceptors (Lipinski definition) is 2. The van der Waals surface area contributed by atoms with Crippen LogP contribution >= 0.6 is 11.6 Å².